The fourth-order valence-corrected chi connectivity index (χ4v) is 3.28. The summed E-state index contributed by atoms with van der Waals surface area (Å²) in [6.45, 7) is 4.20. The van der Waals surface area contributed by atoms with Crippen molar-refractivity contribution in [2.45, 2.75) is 32.9 Å². The van der Waals surface area contributed by atoms with Gasteiger partial charge in [0.25, 0.3) is 0 Å². The van der Waals surface area contributed by atoms with Crippen LogP contribution >= 0.6 is 0 Å². The lowest BCUT2D eigenvalue weighted by atomic mass is 10.2. The molecule has 0 N–H and O–H groups in total. The van der Waals surface area contributed by atoms with Crippen molar-refractivity contribution in [1.29, 1.82) is 0 Å². The van der Waals surface area contributed by atoms with Gasteiger partial charge in [-0.2, -0.15) is 0 Å². The van der Waals surface area contributed by atoms with Crippen LogP contribution in [0.25, 0.3) is 11.0 Å². The smallest absolute Gasteiger partial charge is 0.409 e. The summed E-state index contributed by atoms with van der Waals surface area (Å²) in [7, 11) is 1.71. The Kier molecular flexibility index (Phi) is 6.09. The summed E-state index contributed by atoms with van der Waals surface area (Å²) in [5.41, 5.74) is 2.61. The van der Waals surface area contributed by atoms with Gasteiger partial charge < -0.3 is 14.2 Å². The molecular weight excluding hydrogens is 354 g/mol. The van der Waals surface area contributed by atoms with E-state index in [4.69, 9.17) is 4.74 Å². The highest BCUT2D eigenvalue weighted by Gasteiger charge is 2.23. The fourth-order valence-electron chi connectivity index (χ4n) is 3.28. The molecule has 0 aliphatic carbocycles. The summed E-state index contributed by atoms with van der Waals surface area (Å²) in [6, 6.07) is 17.2. The number of rotatable bonds is 7. The number of carbonyl (C=O) groups excluding carboxylic acids is 2. The lowest BCUT2D eigenvalue weighted by Crippen LogP contribution is -2.34. The third-order valence-corrected chi connectivity index (χ3v) is 4.75. The fraction of sp³-hybridized carbons (Fsp3) is 0.318. The Morgan fingerprint density at radius 2 is 1.79 bits per heavy atom. The molecular formula is C22H25N3O3. The predicted molar refractivity (Wildman–Crippen MR) is 108 cm³/mol. The van der Waals surface area contributed by atoms with E-state index in [9.17, 15) is 9.59 Å². The van der Waals surface area contributed by atoms with E-state index in [0.29, 0.717) is 12.4 Å². The largest absolute Gasteiger partial charge is 0.445 e. The number of aromatic nitrogens is 2. The van der Waals surface area contributed by atoms with Gasteiger partial charge in [0.2, 0.25) is 0 Å². The summed E-state index contributed by atoms with van der Waals surface area (Å²) in [5.74, 6) is 0.322. The number of ketones is 1. The number of ether oxygens (including phenoxy) is 1. The van der Waals surface area contributed by atoms with Crippen molar-refractivity contribution in [3.05, 3.63) is 66.0 Å². The number of Topliss-reactive ketones (excluding diaryl/α,β-unsaturated/α-hetero) is 1. The molecule has 28 heavy (non-hydrogen) atoms. The zero-order valence-electron chi connectivity index (χ0n) is 16.5. The SMILES string of the molecule is CC[C@H](CN(C)C(=O)OCc1ccccc1)n1c(C(C)=O)nc2ccccc21. The molecule has 0 bridgehead atoms. The summed E-state index contributed by atoms with van der Waals surface area (Å²) in [4.78, 5) is 30.6. The standard InChI is InChI=1S/C22H25N3O3/c1-4-18(14-24(3)22(27)28-15-17-10-6-5-7-11-17)25-20-13-9-8-12-19(20)23-21(25)16(2)26/h5-13,18H,4,14-15H2,1-3H3/t18-/m1/s1. The molecule has 0 radical (unpaired) electrons. The van der Waals surface area contributed by atoms with E-state index >= 15 is 0 Å². The number of imidazole rings is 1. The van der Waals surface area contributed by atoms with Crippen LogP contribution < -0.4 is 0 Å². The maximum absolute atomic E-state index is 12.4. The highest BCUT2D eigenvalue weighted by Crippen LogP contribution is 2.24. The molecule has 2 aromatic carbocycles. The molecule has 1 heterocycles. The molecule has 1 amide bonds. The molecule has 6 heteroatoms. The molecule has 146 valence electrons. The van der Waals surface area contributed by atoms with Crippen molar-refractivity contribution in [3.8, 4) is 0 Å². The van der Waals surface area contributed by atoms with Gasteiger partial charge in [0, 0.05) is 20.5 Å². The molecule has 0 spiro atoms. The maximum atomic E-state index is 12.4. The van der Waals surface area contributed by atoms with Crippen molar-refractivity contribution >= 4 is 22.9 Å². The van der Waals surface area contributed by atoms with E-state index in [1.807, 2.05) is 66.1 Å². The molecule has 0 fully saturated rings. The van der Waals surface area contributed by atoms with Crippen LogP contribution in [0.3, 0.4) is 0 Å². The van der Waals surface area contributed by atoms with Crippen LogP contribution in [0.5, 0.6) is 0 Å². The van der Waals surface area contributed by atoms with Gasteiger partial charge >= 0.3 is 6.09 Å². The molecule has 3 aromatic rings. The van der Waals surface area contributed by atoms with Crippen LogP contribution in [-0.4, -0.2) is 39.9 Å². The molecule has 0 aliphatic heterocycles. The van der Waals surface area contributed by atoms with Gasteiger partial charge in [0.15, 0.2) is 11.6 Å². The first-order chi connectivity index (χ1) is 13.5. The van der Waals surface area contributed by atoms with E-state index < -0.39 is 6.09 Å². The Morgan fingerprint density at radius 3 is 2.46 bits per heavy atom. The van der Waals surface area contributed by atoms with Crippen molar-refractivity contribution in [1.82, 2.24) is 14.5 Å². The summed E-state index contributed by atoms with van der Waals surface area (Å²) in [6.07, 6.45) is 0.354. The minimum atomic E-state index is -0.393. The molecule has 0 saturated heterocycles. The summed E-state index contributed by atoms with van der Waals surface area (Å²) in [5, 5.41) is 0. The Balaban J connectivity index is 1.76. The molecule has 6 nitrogen and oxygen atoms in total. The van der Waals surface area contributed by atoms with E-state index in [2.05, 4.69) is 4.98 Å². The number of nitrogens with zero attached hydrogens (tertiary/aromatic N) is 3. The van der Waals surface area contributed by atoms with Gasteiger partial charge in [-0.1, -0.05) is 49.4 Å². The molecule has 1 aromatic heterocycles. The van der Waals surface area contributed by atoms with E-state index in [1.54, 1.807) is 11.9 Å². The van der Waals surface area contributed by atoms with Gasteiger partial charge in [0.05, 0.1) is 17.1 Å². The average molecular weight is 379 g/mol. The zero-order valence-corrected chi connectivity index (χ0v) is 16.5. The Hall–Kier alpha value is -3.15. The second-order valence-electron chi connectivity index (χ2n) is 6.83. The zero-order chi connectivity index (χ0) is 20.1. The minimum absolute atomic E-state index is 0.0828. The Morgan fingerprint density at radius 1 is 1.11 bits per heavy atom. The van der Waals surface area contributed by atoms with Crippen LogP contribution in [0.15, 0.2) is 54.6 Å². The first kappa shape index (κ1) is 19.6. The van der Waals surface area contributed by atoms with Crippen LogP contribution in [0, 0.1) is 0 Å². The normalized spacial score (nSPS) is 12.0. The monoisotopic (exact) mass is 379 g/mol. The first-order valence-corrected chi connectivity index (χ1v) is 9.41. The van der Waals surface area contributed by atoms with Crippen molar-refractivity contribution in [3.63, 3.8) is 0 Å². The minimum Gasteiger partial charge on any atom is -0.445 e. The third-order valence-electron chi connectivity index (χ3n) is 4.75. The number of para-hydroxylation sites is 2. The van der Waals surface area contributed by atoms with Crippen molar-refractivity contribution in [2.75, 3.05) is 13.6 Å². The Labute approximate surface area is 164 Å². The van der Waals surface area contributed by atoms with Gasteiger partial charge in [-0.05, 0) is 24.1 Å². The predicted octanol–water partition coefficient (Wildman–Crippen LogP) is 4.46. The van der Waals surface area contributed by atoms with E-state index in [0.717, 1.165) is 23.0 Å². The highest BCUT2D eigenvalue weighted by atomic mass is 16.6. The van der Waals surface area contributed by atoms with Gasteiger partial charge in [0.1, 0.15) is 6.61 Å². The molecule has 0 unspecified atom stereocenters. The lowest BCUT2D eigenvalue weighted by molar-refractivity contribution is 0.0975. The molecule has 0 aliphatic rings. The van der Waals surface area contributed by atoms with Crippen LogP contribution in [0.1, 0.15) is 42.5 Å². The Bertz CT molecular complexity index is 966. The number of hydrogen-bond acceptors (Lipinski definition) is 4. The van der Waals surface area contributed by atoms with Crippen LogP contribution in [-0.2, 0) is 11.3 Å². The molecule has 0 saturated carbocycles. The van der Waals surface area contributed by atoms with Gasteiger partial charge in [-0.3, -0.25) is 4.79 Å². The highest BCUT2D eigenvalue weighted by molar-refractivity contribution is 5.94. The number of fused-ring (bicyclic) bond motifs is 1. The first-order valence-electron chi connectivity index (χ1n) is 9.41. The molecule has 3 rings (SSSR count). The van der Waals surface area contributed by atoms with Gasteiger partial charge in [-0.25, -0.2) is 9.78 Å². The number of likely N-dealkylation sites (N-methyl/N-ethyl adjacent to an activating group) is 1. The van der Waals surface area contributed by atoms with Crippen molar-refractivity contribution in [2.24, 2.45) is 0 Å². The lowest BCUT2D eigenvalue weighted by Gasteiger charge is -2.25. The van der Waals surface area contributed by atoms with Crippen LogP contribution in [0.2, 0.25) is 0 Å². The number of carbonyl (C=O) groups is 2. The number of benzene rings is 2. The molecule has 1 atom stereocenters. The van der Waals surface area contributed by atoms with E-state index in [-0.39, 0.29) is 18.4 Å². The number of hydrogen-bond donors (Lipinski definition) is 0. The van der Waals surface area contributed by atoms with Crippen LogP contribution in [0.4, 0.5) is 4.79 Å². The van der Waals surface area contributed by atoms with Crippen molar-refractivity contribution < 1.29 is 14.3 Å². The quantitative estimate of drug-likeness (QED) is 0.569. The third kappa shape index (κ3) is 4.22. The average Bonchev–Trinajstić information content (AvgIpc) is 3.10. The summed E-state index contributed by atoms with van der Waals surface area (Å²) >= 11 is 0. The van der Waals surface area contributed by atoms with E-state index in [1.165, 1.54) is 6.92 Å². The topological polar surface area (TPSA) is 64.4 Å². The maximum Gasteiger partial charge on any atom is 0.409 e. The van der Waals surface area contributed by atoms with Gasteiger partial charge in [-0.15, -0.1) is 0 Å². The number of amides is 1. The second kappa shape index (κ2) is 8.69. The second-order valence-corrected chi connectivity index (χ2v) is 6.83. The summed E-state index contributed by atoms with van der Waals surface area (Å²) < 4.78 is 7.36.